The van der Waals surface area contributed by atoms with Gasteiger partial charge in [-0.1, -0.05) is 13.3 Å². The largest absolute Gasteiger partial charge is 0.325 e. The Morgan fingerprint density at radius 3 is 2.50 bits per heavy atom. The summed E-state index contributed by atoms with van der Waals surface area (Å²) in [5.74, 6) is 0.0382. The van der Waals surface area contributed by atoms with Crippen LogP contribution in [0.3, 0.4) is 0 Å². The lowest BCUT2D eigenvalue weighted by Crippen LogP contribution is -2.50. The SMILES string of the molecule is CCC1CCCCN1S(=O)(=O)CC(C)(C)N. The van der Waals surface area contributed by atoms with Crippen LogP contribution in [0, 0.1) is 0 Å². The molecule has 1 aliphatic rings. The van der Waals surface area contributed by atoms with Gasteiger partial charge in [0.15, 0.2) is 0 Å². The zero-order chi connectivity index (χ0) is 12.4. The van der Waals surface area contributed by atoms with E-state index < -0.39 is 15.6 Å². The van der Waals surface area contributed by atoms with E-state index in [0.29, 0.717) is 6.54 Å². The molecular weight excluding hydrogens is 224 g/mol. The smallest absolute Gasteiger partial charge is 0.216 e. The molecule has 1 rings (SSSR count). The fourth-order valence-corrected chi connectivity index (χ4v) is 4.52. The molecule has 16 heavy (non-hydrogen) atoms. The number of nitrogens with two attached hydrogens (primary N) is 1. The lowest BCUT2D eigenvalue weighted by Gasteiger charge is -2.35. The minimum absolute atomic E-state index is 0.0382. The Bertz CT molecular complexity index is 319. The summed E-state index contributed by atoms with van der Waals surface area (Å²) in [5, 5.41) is 0. The quantitative estimate of drug-likeness (QED) is 0.816. The van der Waals surface area contributed by atoms with Crippen molar-refractivity contribution in [2.24, 2.45) is 5.73 Å². The standard InChI is InChI=1S/C11H24N2O2S/c1-4-10-7-5-6-8-13(10)16(14,15)9-11(2,3)12/h10H,4-9,12H2,1-3H3. The molecule has 1 atom stereocenters. The van der Waals surface area contributed by atoms with E-state index in [1.54, 1.807) is 18.2 Å². The van der Waals surface area contributed by atoms with Gasteiger partial charge < -0.3 is 5.73 Å². The fraction of sp³-hybridized carbons (Fsp3) is 1.00. The summed E-state index contributed by atoms with van der Waals surface area (Å²) in [6, 6.07) is 0.182. The molecule has 1 heterocycles. The van der Waals surface area contributed by atoms with Crippen molar-refractivity contribution in [1.29, 1.82) is 0 Å². The van der Waals surface area contributed by atoms with Crippen molar-refractivity contribution in [2.75, 3.05) is 12.3 Å². The zero-order valence-electron chi connectivity index (χ0n) is 10.6. The second kappa shape index (κ2) is 5.02. The summed E-state index contributed by atoms with van der Waals surface area (Å²) in [6.45, 7) is 6.23. The Balaban J connectivity index is 2.80. The Morgan fingerprint density at radius 2 is 2.00 bits per heavy atom. The van der Waals surface area contributed by atoms with E-state index >= 15 is 0 Å². The summed E-state index contributed by atoms with van der Waals surface area (Å²) in [5.41, 5.74) is 5.15. The minimum Gasteiger partial charge on any atom is -0.325 e. The molecule has 0 aromatic heterocycles. The maximum atomic E-state index is 12.2. The first-order chi connectivity index (χ1) is 7.26. The molecule has 1 aliphatic heterocycles. The van der Waals surface area contributed by atoms with E-state index in [2.05, 4.69) is 0 Å². The highest BCUT2D eigenvalue weighted by atomic mass is 32.2. The first-order valence-electron chi connectivity index (χ1n) is 6.04. The molecule has 0 radical (unpaired) electrons. The number of hydrogen-bond donors (Lipinski definition) is 1. The average Bonchev–Trinajstić information content (AvgIpc) is 2.14. The molecular formula is C11H24N2O2S. The van der Waals surface area contributed by atoms with Crippen LogP contribution in [0.25, 0.3) is 0 Å². The lowest BCUT2D eigenvalue weighted by molar-refractivity contribution is 0.245. The molecule has 0 aliphatic carbocycles. The molecule has 96 valence electrons. The molecule has 1 fully saturated rings. The van der Waals surface area contributed by atoms with Crippen LogP contribution in [0.5, 0.6) is 0 Å². The van der Waals surface area contributed by atoms with Crippen molar-refractivity contribution in [3.8, 4) is 0 Å². The Morgan fingerprint density at radius 1 is 1.38 bits per heavy atom. The third kappa shape index (κ3) is 3.71. The first kappa shape index (κ1) is 13.9. The summed E-state index contributed by atoms with van der Waals surface area (Å²) < 4.78 is 26.1. The second-order valence-corrected chi connectivity index (χ2v) is 7.33. The van der Waals surface area contributed by atoms with Gasteiger partial charge in [-0.05, 0) is 33.1 Å². The highest BCUT2D eigenvalue weighted by molar-refractivity contribution is 7.89. The van der Waals surface area contributed by atoms with Crippen molar-refractivity contribution < 1.29 is 8.42 Å². The van der Waals surface area contributed by atoms with Crippen LogP contribution in [0.1, 0.15) is 46.5 Å². The van der Waals surface area contributed by atoms with Crippen LogP contribution in [0.4, 0.5) is 0 Å². The highest BCUT2D eigenvalue weighted by Crippen LogP contribution is 2.24. The molecule has 0 aromatic rings. The number of nitrogens with zero attached hydrogens (tertiary/aromatic N) is 1. The molecule has 0 spiro atoms. The molecule has 2 N–H and O–H groups in total. The first-order valence-corrected chi connectivity index (χ1v) is 7.65. The van der Waals surface area contributed by atoms with Gasteiger partial charge >= 0.3 is 0 Å². The van der Waals surface area contributed by atoms with E-state index in [1.807, 2.05) is 6.92 Å². The Labute approximate surface area is 99.2 Å². The normalized spacial score (nSPS) is 24.6. The van der Waals surface area contributed by atoms with Crippen LogP contribution in [-0.4, -0.2) is 36.6 Å². The van der Waals surface area contributed by atoms with Crippen LogP contribution < -0.4 is 5.73 Å². The predicted molar refractivity (Wildman–Crippen MR) is 66.7 cm³/mol. The van der Waals surface area contributed by atoms with Gasteiger partial charge in [-0.2, -0.15) is 4.31 Å². The molecule has 0 amide bonds. The van der Waals surface area contributed by atoms with E-state index in [1.165, 1.54) is 0 Å². The lowest BCUT2D eigenvalue weighted by atomic mass is 10.0. The van der Waals surface area contributed by atoms with Crippen molar-refractivity contribution in [1.82, 2.24) is 4.31 Å². The van der Waals surface area contributed by atoms with Crippen LogP contribution in [0.2, 0.25) is 0 Å². The molecule has 5 heteroatoms. The Kier molecular flexibility index (Phi) is 4.37. The van der Waals surface area contributed by atoms with Gasteiger partial charge in [-0.15, -0.1) is 0 Å². The topological polar surface area (TPSA) is 63.4 Å². The molecule has 4 nitrogen and oxygen atoms in total. The van der Waals surface area contributed by atoms with Gasteiger partial charge in [0.2, 0.25) is 10.0 Å². The maximum Gasteiger partial charge on any atom is 0.216 e. The van der Waals surface area contributed by atoms with Gasteiger partial charge in [0.1, 0.15) is 0 Å². The average molecular weight is 248 g/mol. The number of piperidine rings is 1. The Hall–Kier alpha value is -0.130. The summed E-state index contributed by atoms with van der Waals surface area (Å²) in [6.07, 6.45) is 3.99. The number of sulfonamides is 1. The third-order valence-corrected chi connectivity index (χ3v) is 5.26. The summed E-state index contributed by atoms with van der Waals surface area (Å²) in [7, 11) is -3.19. The van der Waals surface area contributed by atoms with E-state index in [-0.39, 0.29) is 11.8 Å². The van der Waals surface area contributed by atoms with Crippen molar-refractivity contribution >= 4 is 10.0 Å². The van der Waals surface area contributed by atoms with Crippen LogP contribution in [0.15, 0.2) is 0 Å². The maximum absolute atomic E-state index is 12.2. The predicted octanol–water partition coefficient (Wildman–Crippen LogP) is 1.32. The minimum atomic E-state index is -3.19. The van der Waals surface area contributed by atoms with Gasteiger partial charge in [0, 0.05) is 18.1 Å². The molecule has 0 bridgehead atoms. The molecule has 1 unspecified atom stereocenters. The summed E-state index contributed by atoms with van der Waals surface area (Å²) in [4.78, 5) is 0. The van der Waals surface area contributed by atoms with Gasteiger partial charge in [-0.25, -0.2) is 8.42 Å². The molecule has 1 saturated heterocycles. The van der Waals surface area contributed by atoms with Crippen molar-refractivity contribution in [3.05, 3.63) is 0 Å². The van der Waals surface area contributed by atoms with E-state index in [0.717, 1.165) is 25.7 Å². The zero-order valence-corrected chi connectivity index (χ0v) is 11.4. The fourth-order valence-electron chi connectivity index (χ4n) is 2.30. The number of rotatable bonds is 4. The van der Waals surface area contributed by atoms with Crippen molar-refractivity contribution in [2.45, 2.75) is 58.0 Å². The van der Waals surface area contributed by atoms with E-state index in [4.69, 9.17) is 5.73 Å². The highest BCUT2D eigenvalue weighted by Gasteiger charge is 2.34. The number of hydrogen-bond acceptors (Lipinski definition) is 3. The monoisotopic (exact) mass is 248 g/mol. The molecule has 0 aromatic carbocycles. The van der Waals surface area contributed by atoms with Crippen LogP contribution >= 0.6 is 0 Å². The van der Waals surface area contributed by atoms with Crippen LogP contribution in [-0.2, 0) is 10.0 Å². The summed E-state index contributed by atoms with van der Waals surface area (Å²) >= 11 is 0. The van der Waals surface area contributed by atoms with Gasteiger partial charge in [0.05, 0.1) is 5.75 Å². The van der Waals surface area contributed by atoms with Gasteiger partial charge in [-0.3, -0.25) is 0 Å². The van der Waals surface area contributed by atoms with Gasteiger partial charge in [0.25, 0.3) is 0 Å². The molecule has 0 saturated carbocycles. The van der Waals surface area contributed by atoms with Crippen molar-refractivity contribution in [3.63, 3.8) is 0 Å². The third-order valence-electron chi connectivity index (χ3n) is 2.96. The second-order valence-electron chi connectivity index (χ2n) is 5.41. The van der Waals surface area contributed by atoms with E-state index in [9.17, 15) is 8.42 Å².